The van der Waals surface area contributed by atoms with Crippen LogP contribution >= 0.6 is 12.4 Å². The third-order valence-corrected chi connectivity index (χ3v) is 3.69. The van der Waals surface area contributed by atoms with Crippen LogP contribution in [0.2, 0.25) is 0 Å². The molecule has 142 valence electrons. The van der Waals surface area contributed by atoms with Crippen LogP contribution in [0, 0.1) is 11.8 Å². The third-order valence-electron chi connectivity index (χ3n) is 3.69. The molecule has 0 radical (unpaired) electrons. The Labute approximate surface area is 156 Å². The summed E-state index contributed by atoms with van der Waals surface area (Å²) >= 11 is 0. The van der Waals surface area contributed by atoms with E-state index in [1.54, 1.807) is 24.3 Å². The van der Waals surface area contributed by atoms with Gasteiger partial charge in [0.25, 0.3) is 5.91 Å². The van der Waals surface area contributed by atoms with E-state index >= 15 is 0 Å². The summed E-state index contributed by atoms with van der Waals surface area (Å²) in [4.78, 5) is 24.7. The standard InChI is InChI=1S/C18H29N3O3.ClH/c1-5-24-15-8-6-14(7-9-15)17(22)21-16(12(2)3)18(23)20-11-13(4)10-19;/h6-9,12-13,16H,5,10-11,19H2,1-4H3,(H,20,23)(H,21,22);1H. The summed E-state index contributed by atoms with van der Waals surface area (Å²) in [7, 11) is 0. The van der Waals surface area contributed by atoms with Crippen molar-refractivity contribution in [3.63, 3.8) is 0 Å². The molecule has 0 saturated carbocycles. The molecule has 0 fully saturated rings. The van der Waals surface area contributed by atoms with Crippen molar-refractivity contribution in [1.82, 2.24) is 10.6 Å². The SMILES string of the molecule is CCOc1ccc(C(=O)NC(C(=O)NCC(C)CN)C(C)C)cc1.Cl. The van der Waals surface area contributed by atoms with Gasteiger partial charge >= 0.3 is 0 Å². The molecule has 0 aliphatic rings. The van der Waals surface area contributed by atoms with Gasteiger partial charge in [-0.3, -0.25) is 9.59 Å². The lowest BCUT2D eigenvalue weighted by atomic mass is 10.0. The number of nitrogens with one attached hydrogen (secondary N) is 2. The average Bonchev–Trinajstić information content (AvgIpc) is 2.57. The first-order valence-electron chi connectivity index (χ1n) is 8.40. The molecule has 1 rings (SSSR count). The van der Waals surface area contributed by atoms with E-state index in [-0.39, 0.29) is 36.1 Å². The summed E-state index contributed by atoms with van der Waals surface area (Å²) in [6.45, 7) is 9.23. The highest BCUT2D eigenvalue weighted by atomic mass is 35.5. The first kappa shape index (κ1) is 23.2. The van der Waals surface area contributed by atoms with E-state index in [9.17, 15) is 9.59 Å². The number of benzene rings is 1. The maximum atomic E-state index is 12.4. The summed E-state index contributed by atoms with van der Waals surface area (Å²) < 4.78 is 5.36. The highest BCUT2D eigenvalue weighted by Gasteiger charge is 2.24. The van der Waals surface area contributed by atoms with Gasteiger partial charge in [0.1, 0.15) is 11.8 Å². The number of rotatable bonds is 9. The number of carbonyl (C=O) groups is 2. The van der Waals surface area contributed by atoms with Gasteiger partial charge in [-0.1, -0.05) is 20.8 Å². The van der Waals surface area contributed by atoms with Crippen LogP contribution in [-0.2, 0) is 4.79 Å². The zero-order valence-electron chi connectivity index (χ0n) is 15.4. The summed E-state index contributed by atoms with van der Waals surface area (Å²) in [5, 5.41) is 5.65. The second kappa shape index (κ2) is 11.7. The highest BCUT2D eigenvalue weighted by Crippen LogP contribution is 2.13. The molecule has 25 heavy (non-hydrogen) atoms. The Bertz CT molecular complexity index is 535. The van der Waals surface area contributed by atoms with Gasteiger partial charge in [-0.15, -0.1) is 12.4 Å². The fourth-order valence-electron chi connectivity index (χ4n) is 2.10. The zero-order chi connectivity index (χ0) is 18.1. The Morgan fingerprint density at radius 1 is 1.16 bits per heavy atom. The van der Waals surface area contributed by atoms with Gasteiger partial charge in [0.05, 0.1) is 6.61 Å². The third kappa shape index (κ3) is 7.75. The largest absolute Gasteiger partial charge is 0.494 e. The minimum absolute atomic E-state index is 0. The number of ether oxygens (including phenoxy) is 1. The molecule has 0 saturated heterocycles. The van der Waals surface area contributed by atoms with E-state index in [0.717, 1.165) is 0 Å². The van der Waals surface area contributed by atoms with Gasteiger partial charge < -0.3 is 21.1 Å². The molecule has 2 atom stereocenters. The van der Waals surface area contributed by atoms with E-state index in [0.29, 0.717) is 31.0 Å². The van der Waals surface area contributed by atoms with Crippen LogP contribution in [0.3, 0.4) is 0 Å². The van der Waals surface area contributed by atoms with Crippen molar-refractivity contribution in [2.24, 2.45) is 17.6 Å². The number of halogens is 1. The van der Waals surface area contributed by atoms with Crippen LogP contribution in [0.25, 0.3) is 0 Å². The van der Waals surface area contributed by atoms with E-state index in [1.165, 1.54) is 0 Å². The van der Waals surface area contributed by atoms with Crippen molar-refractivity contribution in [2.45, 2.75) is 33.7 Å². The Balaban J connectivity index is 0.00000576. The molecular weight excluding hydrogens is 342 g/mol. The quantitative estimate of drug-likeness (QED) is 0.618. The summed E-state index contributed by atoms with van der Waals surface area (Å²) in [6, 6.07) is 6.27. The Hall–Kier alpha value is -1.79. The number of hydrogen-bond acceptors (Lipinski definition) is 4. The van der Waals surface area contributed by atoms with Gasteiger partial charge in [0, 0.05) is 12.1 Å². The molecule has 7 heteroatoms. The molecule has 6 nitrogen and oxygen atoms in total. The lowest BCUT2D eigenvalue weighted by Gasteiger charge is -2.22. The van der Waals surface area contributed by atoms with Crippen LogP contribution in [0.4, 0.5) is 0 Å². The highest BCUT2D eigenvalue weighted by molar-refractivity contribution is 5.97. The van der Waals surface area contributed by atoms with Crippen molar-refractivity contribution in [3.05, 3.63) is 29.8 Å². The van der Waals surface area contributed by atoms with Gasteiger partial charge in [0.15, 0.2) is 0 Å². The normalized spacial score (nSPS) is 12.7. The summed E-state index contributed by atoms with van der Waals surface area (Å²) in [5.41, 5.74) is 6.05. The lowest BCUT2D eigenvalue weighted by Crippen LogP contribution is -2.50. The summed E-state index contributed by atoms with van der Waals surface area (Å²) in [6.07, 6.45) is 0. The second-order valence-electron chi connectivity index (χ2n) is 6.24. The molecule has 4 N–H and O–H groups in total. The van der Waals surface area contributed by atoms with Crippen LogP contribution in [0.15, 0.2) is 24.3 Å². The molecule has 0 heterocycles. The lowest BCUT2D eigenvalue weighted by molar-refractivity contribution is -0.124. The fraction of sp³-hybridized carbons (Fsp3) is 0.556. The molecule has 0 aliphatic heterocycles. The maximum absolute atomic E-state index is 12.4. The molecule has 2 amide bonds. The maximum Gasteiger partial charge on any atom is 0.251 e. The number of nitrogens with two attached hydrogens (primary N) is 1. The first-order chi connectivity index (χ1) is 11.4. The van der Waals surface area contributed by atoms with Gasteiger partial charge in [-0.05, 0) is 49.6 Å². The molecule has 1 aromatic carbocycles. The predicted octanol–water partition coefficient (Wildman–Crippen LogP) is 1.97. The van der Waals surface area contributed by atoms with E-state index in [2.05, 4.69) is 10.6 Å². The molecule has 0 aromatic heterocycles. The Morgan fingerprint density at radius 3 is 2.24 bits per heavy atom. The summed E-state index contributed by atoms with van der Waals surface area (Å²) in [5.74, 6) is 0.416. The van der Waals surface area contributed by atoms with Crippen LogP contribution in [0.1, 0.15) is 38.1 Å². The van der Waals surface area contributed by atoms with Gasteiger partial charge in [0.2, 0.25) is 5.91 Å². The minimum atomic E-state index is -0.589. The van der Waals surface area contributed by atoms with E-state index in [1.807, 2.05) is 27.7 Å². The molecule has 1 aromatic rings. The van der Waals surface area contributed by atoms with Gasteiger partial charge in [-0.2, -0.15) is 0 Å². The van der Waals surface area contributed by atoms with Crippen LogP contribution in [0.5, 0.6) is 5.75 Å². The molecule has 2 unspecified atom stereocenters. The minimum Gasteiger partial charge on any atom is -0.494 e. The zero-order valence-corrected chi connectivity index (χ0v) is 16.2. The Kier molecular flexibility index (Phi) is 10.9. The van der Waals surface area contributed by atoms with Crippen molar-refractivity contribution in [1.29, 1.82) is 0 Å². The molecule has 0 spiro atoms. The first-order valence-corrected chi connectivity index (χ1v) is 8.40. The molecule has 0 bridgehead atoms. The van der Waals surface area contributed by atoms with Crippen LogP contribution in [-0.4, -0.2) is 37.6 Å². The van der Waals surface area contributed by atoms with Gasteiger partial charge in [-0.25, -0.2) is 0 Å². The monoisotopic (exact) mass is 371 g/mol. The van der Waals surface area contributed by atoms with Crippen LogP contribution < -0.4 is 21.1 Å². The van der Waals surface area contributed by atoms with Crippen molar-refractivity contribution in [2.75, 3.05) is 19.7 Å². The average molecular weight is 372 g/mol. The topological polar surface area (TPSA) is 93.4 Å². The number of hydrogen-bond donors (Lipinski definition) is 3. The predicted molar refractivity (Wildman–Crippen MR) is 102 cm³/mol. The fourth-order valence-corrected chi connectivity index (χ4v) is 2.10. The van der Waals surface area contributed by atoms with Crippen molar-refractivity contribution >= 4 is 24.2 Å². The Morgan fingerprint density at radius 2 is 1.76 bits per heavy atom. The second-order valence-corrected chi connectivity index (χ2v) is 6.24. The number of carbonyl (C=O) groups excluding carboxylic acids is 2. The molecule has 0 aliphatic carbocycles. The van der Waals surface area contributed by atoms with E-state index in [4.69, 9.17) is 10.5 Å². The number of amides is 2. The van der Waals surface area contributed by atoms with Crippen molar-refractivity contribution in [3.8, 4) is 5.75 Å². The van der Waals surface area contributed by atoms with E-state index < -0.39 is 6.04 Å². The van der Waals surface area contributed by atoms with Crippen molar-refractivity contribution < 1.29 is 14.3 Å². The molecular formula is C18H30ClN3O3. The smallest absolute Gasteiger partial charge is 0.251 e.